The fourth-order valence-corrected chi connectivity index (χ4v) is 10.7. The average Bonchev–Trinajstić information content (AvgIpc) is 4.04. The van der Waals surface area contributed by atoms with Gasteiger partial charge in [0.2, 0.25) is 21.8 Å². The number of alkyl halides is 3. The Labute approximate surface area is 321 Å². The molecule has 4 fully saturated rings. The van der Waals surface area contributed by atoms with E-state index in [1.165, 1.54) is 4.90 Å². The van der Waals surface area contributed by atoms with Crippen LogP contribution in [-0.2, 0) is 48.7 Å². The molecule has 0 radical (unpaired) electrons. The summed E-state index contributed by atoms with van der Waals surface area (Å²) in [6.07, 6.45) is 1.73. The zero-order chi connectivity index (χ0) is 39.1. The van der Waals surface area contributed by atoms with Crippen LogP contribution in [0.4, 0.5) is 18.0 Å². The summed E-state index contributed by atoms with van der Waals surface area (Å²) in [6, 6.07) is 1.47. The summed E-state index contributed by atoms with van der Waals surface area (Å²) >= 11 is 0. The Balaban J connectivity index is 1.19. The highest BCUT2D eigenvalue weighted by atomic mass is 32.2. The minimum Gasteiger partial charge on any atom is -0.444 e. The standard InChI is InChI=1S/C39H54F3N5O7S/c1-2-27-20-38(27,36(50)45-55(52,53)29-17-18-29)44-34(48)31-19-28-22-47(31)35(49)33(25-12-7-5-8-13-25)43-32(39(40,41)42)16-9-4-3-6-11-24-14-10-15-26-21-46(23-30(24)26)37(51)54-28/h10,14-15,25,27-29,31-33,43H,2-9,11-13,16-23H2,1H3,(H,44,48)(H,45,50)/t27-,28-,31+,32?,33+,38-/m1/s1. The average molecular weight is 794 g/mol. The maximum atomic E-state index is 14.8. The number of hydrogen-bond donors (Lipinski definition) is 3. The van der Waals surface area contributed by atoms with Gasteiger partial charge in [0.1, 0.15) is 23.7 Å². The van der Waals surface area contributed by atoms with Crippen molar-refractivity contribution in [3.8, 4) is 0 Å². The minimum absolute atomic E-state index is 0.135. The number of ether oxygens (including phenoxy) is 1. The summed E-state index contributed by atoms with van der Waals surface area (Å²) in [6.45, 7) is 2.28. The molecule has 3 aliphatic carbocycles. The van der Waals surface area contributed by atoms with Crippen LogP contribution in [0.2, 0.25) is 0 Å². The second kappa shape index (κ2) is 15.9. The van der Waals surface area contributed by atoms with Gasteiger partial charge in [-0.1, -0.05) is 70.1 Å². The van der Waals surface area contributed by atoms with Crippen molar-refractivity contribution >= 4 is 33.8 Å². The maximum Gasteiger partial charge on any atom is 0.410 e. The van der Waals surface area contributed by atoms with Crippen molar-refractivity contribution in [1.82, 2.24) is 25.2 Å². The molecule has 12 nitrogen and oxygen atoms in total. The third-order valence-corrected chi connectivity index (χ3v) is 14.7. The highest BCUT2D eigenvalue weighted by Crippen LogP contribution is 2.47. The first-order chi connectivity index (χ1) is 26.2. The predicted molar refractivity (Wildman–Crippen MR) is 196 cm³/mol. The maximum absolute atomic E-state index is 14.8. The number of amides is 4. The van der Waals surface area contributed by atoms with Gasteiger partial charge in [-0.05, 0) is 79.9 Å². The number of carbonyl (C=O) groups excluding carboxylic acids is 4. The Morgan fingerprint density at radius 3 is 2.35 bits per heavy atom. The molecular formula is C39H54F3N5O7S. The van der Waals surface area contributed by atoms with E-state index >= 15 is 0 Å². The number of benzene rings is 1. The molecule has 4 amide bonds. The molecule has 4 bridgehead atoms. The van der Waals surface area contributed by atoms with E-state index in [0.29, 0.717) is 58.0 Å². The summed E-state index contributed by atoms with van der Waals surface area (Å²) in [4.78, 5) is 59.2. The molecule has 3 heterocycles. The quantitative estimate of drug-likeness (QED) is 0.350. The number of nitrogens with zero attached hydrogens (tertiary/aromatic N) is 2. The van der Waals surface area contributed by atoms with Crippen molar-refractivity contribution < 1.29 is 45.5 Å². The number of sulfonamides is 1. The first-order valence-corrected chi connectivity index (χ1v) is 21.8. The van der Waals surface area contributed by atoms with Gasteiger partial charge in [-0.3, -0.25) is 29.3 Å². The third kappa shape index (κ3) is 8.64. The van der Waals surface area contributed by atoms with Gasteiger partial charge in [0.15, 0.2) is 0 Å². The smallest absolute Gasteiger partial charge is 0.410 e. The molecule has 3 saturated carbocycles. The molecule has 7 rings (SSSR count). The number of nitrogens with one attached hydrogen (secondary N) is 3. The third-order valence-electron chi connectivity index (χ3n) is 12.9. The first kappa shape index (κ1) is 39.8. The topological polar surface area (TPSA) is 154 Å². The summed E-state index contributed by atoms with van der Waals surface area (Å²) in [5.41, 5.74) is 1.61. The van der Waals surface area contributed by atoms with Gasteiger partial charge in [-0.15, -0.1) is 0 Å². The van der Waals surface area contributed by atoms with E-state index in [0.717, 1.165) is 55.2 Å². The van der Waals surface area contributed by atoms with Gasteiger partial charge < -0.3 is 15.0 Å². The van der Waals surface area contributed by atoms with E-state index in [1.54, 1.807) is 4.90 Å². The molecule has 304 valence electrons. The first-order valence-electron chi connectivity index (χ1n) is 20.3. The molecule has 6 aliphatic rings. The van der Waals surface area contributed by atoms with E-state index < -0.39 is 81.0 Å². The lowest BCUT2D eigenvalue weighted by atomic mass is 9.82. The van der Waals surface area contributed by atoms with Crippen molar-refractivity contribution in [1.29, 1.82) is 0 Å². The van der Waals surface area contributed by atoms with Crippen LogP contribution in [0.5, 0.6) is 0 Å². The van der Waals surface area contributed by atoms with Crippen LogP contribution in [0, 0.1) is 11.8 Å². The van der Waals surface area contributed by atoms with Crippen LogP contribution in [0.1, 0.15) is 120 Å². The summed E-state index contributed by atoms with van der Waals surface area (Å²) in [7, 11) is -3.92. The van der Waals surface area contributed by atoms with E-state index in [4.69, 9.17) is 4.74 Å². The summed E-state index contributed by atoms with van der Waals surface area (Å²) in [5.74, 6) is -3.01. The fraction of sp³-hybridized carbons (Fsp3) is 0.744. The van der Waals surface area contributed by atoms with Gasteiger partial charge >= 0.3 is 12.3 Å². The van der Waals surface area contributed by atoms with Gasteiger partial charge in [-0.25, -0.2) is 13.2 Å². The number of carbonyl (C=O) groups is 4. The molecule has 55 heavy (non-hydrogen) atoms. The Morgan fingerprint density at radius 2 is 1.65 bits per heavy atom. The molecule has 1 saturated heterocycles. The van der Waals surface area contributed by atoms with Crippen molar-refractivity contribution in [2.24, 2.45) is 11.8 Å². The van der Waals surface area contributed by atoms with E-state index in [2.05, 4.69) is 15.4 Å². The largest absolute Gasteiger partial charge is 0.444 e. The van der Waals surface area contributed by atoms with Crippen molar-refractivity contribution in [3.05, 3.63) is 34.9 Å². The number of aryl methyl sites for hydroxylation is 1. The molecule has 3 N–H and O–H groups in total. The van der Waals surface area contributed by atoms with Crippen LogP contribution in [0.3, 0.4) is 0 Å². The van der Waals surface area contributed by atoms with Crippen LogP contribution in [0.25, 0.3) is 0 Å². The van der Waals surface area contributed by atoms with Crippen LogP contribution >= 0.6 is 0 Å². The molecule has 6 atom stereocenters. The van der Waals surface area contributed by atoms with E-state index in [9.17, 15) is 40.8 Å². The Morgan fingerprint density at radius 1 is 0.964 bits per heavy atom. The molecule has 16 heteroatoms. The van der Waals surface area contributed by atoms with Crippen LogP contribution < -0.4 is 15.4 Å². The monoisotopic (exact) mass is 793 g/mol. The lowest BCUT2D eigenvalue weighted by molar-refractivity contribution is -0.164. The fourth-order valence-electron chi connectivity index (χ4n) is 9.37. The lowest BCUT2D eigenvalue weighted by Gasteiger charge is -2.37. The zero-order valence-electron chi connectivity index (χ0n) is 31.5. The Kier molecular flexibility index (Phi) is 11.5. The van der Waals surface area contributed by atoms with E-state index in [-0.39, 0.29) is 31.7 Å². The van der Waals surface area contributed by atoms with Crippen LogP contribution in [0.15, 0.2) is 18.2 Å². The van der Waals surface area contributed by atoms with Crippen LogP contribution in [-0.4, -0.2) is 89.8 Å². The summed E-state index contributed by atoms with van der Waals surface area (Å²) < 4.78 is 77.7. The van der Waals surface area contributed by atoms with Gasteiger partial charge in [-0.2, -0.15) is 13.2 Å². The lowest BCUT2D eigenvalue weighted by Crippen LogP contribution is -2.61. The molecule has 1 aromatic carbocycles. The molecule has 3 aliphatic heterocycles. The molecule has 1 unspecified atom stereocenters. The molecule has 1 aromatic rings. The second-order valence-corrected chi connectivity index (χ2v) is 18.7. The number of hydrogen-bond acceptors (Lipinski definition) is 8. The van der Waals surface area contributed by atoms with Gasteiger partial charge in [0.25, 0.3) is 5.91 Å². The normalized spacial score (nSPS) is 31.2. The molecule has 0 aromatic heterocycles. The molecule has 0 spiro atoms. The van der Waals surface area contributed by atoms with Gasteiger partial charge in [0.05, 0.1) is 17.8 Å². The van der Waals surface area contributed by atoms with Gasteiger partial charge in [0, 0.05) is 19.5 Å². The Hall–Kier alpha value is -3.40. The SMILES string of the molecule is CC[C@@H]1C[C@]1(NC(=O)[C@@H]1C[C@@H]2CN1C(=O)[C@H](C1CCCCC1)NC(C(F)(F)F)CCCCCCc1cccc3c1CN(C3)C(=O)O2)C(=O)NS(=O)(=O)C1CC1. The van der Waals surface area contributed by atoms with Crippen molar-refractivity contribution in [2.75, 3.05) is 6.54 Å². The summed E-state index contributed by atoms with van der Waals surface area (Å²) in [5, 5.41) is 4.87. The molecular weight excluding hydrogens is 740 g/mol. The highest BCUT2D eigenvalue weighted by Gasteiger charge is 2.62. The van der Waals surface area contributed by atoms with Crippen molar-refractivity contribution in [2.45, 2.75) is 164 Å². The van der Waals surface area contributed by atoms with E-state index in [1.807, 2.05) is 25.1 Å². The number of halogens is 3. The highest BCUT2D eigenvalue weighted by molar-refractivity contribution is 7.91. The minimum atomic E-state index is -4.62. The predicted octanol–water partition coefficient (Wildman–Crippen LogP) is 4.98. The number of rotatable bonds is 7. The van der Waals surface area contributed by atoms with Crippen molar-refractivity contribution in [3.63, 3.8) is 0 Å². The number of fused-ring (bicyclic) bond motifs is 3. The Bertz CT molecular complexity index is 1750. The zero-order valence-corrected chi connectivity index (χ0v) is 32.3. The second-order valence-electron chi connectivity index (χ2n) is 16.7.